The van der Waals surface area contributed by atoms with Crippen LogP contribution in [0.1, 0.15) is 47.9 Å². The second kappa shape index (κ2) is 5.75. The molecule has 0 unspecified atom stereocenters. The van der Waals surface area contributed by atoms with Crippen molar-refractivity contribution < 1.29 is 4.79 Å². The summed E-state index contributed by atoms with van der Waals surface area (Å²) in [6, 6.07) is 1.97. The Morgan fingerprint density at radius 3 is 3.00 bits per heavy atom. The summed E-state index contributed by atoms with van der Waals surface area (Å²) < 4.78 is 0. The van der Waals surface area contributed by atoms with Gasteiger partial charge in [0.15, 0.2) is 5.82 Å². The van der Waals surface area contributed by atoms with Gasteiger partial charge in [-0.25, -0.2) is 4.98 Å². The highest BCUT2D eigenvalue weighted by molar-refractivity contribution is 7.09. The third-order valence-corrected chi connectivity index (χ3v) is 4.76. The number of aryl methyl sites for hydroxylation is 1. The van der Waals surface area contributed by atoms with E-state index in [-0.39, 0.29) is 5.91 Å². The van der Waals surface area contributed by atoms with Crippen LogP contribution in [0.3, 0.4) is 0 Å². The number of anilines is 1. The quantitative estimate of drug-likeness (QED) is 0.909. The number of aromatic amines is 1. The Kier molecular flexibility index (Phi) is 3.82. The van der Waals surface area contributed by atoms with Crippen molar-refractivity contribution in [1.29, 1.82) is 0 Å². The molecular formula is C14H18N4OS. The van der Waals surface area contributed by atoms with Crippen LogP contribution in [0.25, 0.3) is 0 Å². The molecule has 0 saturated heterocycles. The molecule has 1 aliphatic rings. The topological polar surface area (TPSA) is 70.7 Å². The van der Waals surface area contributed by atoms with E-state index in [1.165, 1.54) is 37.0 Å². The lowest BCUT2D eigenvalue weighted by atomic mass is 10.0. The van der Waals surface area contributed by atoms with Gasteiger partial charge in [-0.15, -0.1) is 11.3 Å². The van der Waals surface area contributed by atoms with Crippen molar-refractivity contribution in [3.8, 4) is 0 Å². The van der Waals surface area contributed by atoms with Gasteiger partial charge in [0, 0.05) is 22.6 Å². The molecule has 2 heterocycles. The Hall–Kier alpha value is -1.69. The van der Waals surface area contributed by atoms with E-state index >= 15 is 0 Å². The van der Waals surface area contributed by atoms with Gasteiger partial charge in [0.1, 0.15) is 0 Å². The predicted octanol–water partition coefficient (Wildman–Crippen LogP) is 3.01. The smallest absolute Gasteiger partial charge is 0.230 e. The van der Waals surface area contributed by atoms with Crippen LogP contribution in [-0.2, 0) is 11.2 Å². The molecular weight excluding hydrogens is 272 g/mol. The summed E-state index contributed by atoms with van der Waals surface area (Å²) in [5, 5.41) is 10.1. The van der Waals surface area contributed by atoms with Crippen molar-refractivity contribution in [2.24, 2.45) is 0 Å². The molecule has 2 aromatic heterocycles. The number of hydrogen-bond acceptors (Lipinski definition) is 4. The fraction of sp³-hybridized carbons (Fsp3) is 0.500. The van der Waals surface area contributed by atoms with Crippen LogP contribution in [0.2, 0.25) is 0 Å². The summed E-state index contributed by atoms with van der Waals surface area (Å²) in [6.45, 7) is 1.92. The Balaban J connectivity index is 1.60. The standard InChI is InChI=1S/C14H18N4OS/c1-9-12(20-8-15-9)7-14(19)16-13-6-11(17-18-13)10-4-2-3-5-10/h6,8,10H,2-5,7H2,1H3,(H2,16,17,18,19). The molecule has 0 radical (unpaired) electrons. The highest BCUT2D eigenvalue weighted by Crippen LogP contribution is 2.33. The average Bonchev–Trinajstić information content (AvgIpc) is 3.12. The van der Waals surface area contributed by atoms with Crippen molar-refractivity contribution in [2.45, 2.75) is 44.9 Å². The molecule has 20 heavy (non-hydrogen) atoms. The zero-order chi connectivity index (χ0) is 13.9. The first-order valence-electron chi connectivity index (χ1n) is 6.96. The Morgan fingerprint density at radius 2 is 2.30 bits per heavy atom. The molecule has 0 aliphatic heterocycles. The Labute approximate surface area is 121 Å². The number of rotatable bonds is 4. The SMILES string of the molecule is Cc1ncsc1CC(=O)Nc1cc(C2CCCC2)[nH]n1. The number of carbonyl (C=O) groups excluding carboxylic acids is 1. The highest BCUT2D eigenvalue weighted by atomic mass is 32.1. The molecule has 0 aromatic carbocycles. The van der Waals surface area contributed by atoms with Gasteiger partial charge >= 0.3 is 0 Å². The van der Waals surface area contributed by atoms with E-state index in [0.717, 1.165) is 16.3 Å². The molecule has 106 valence electrons. The second-order valence-corrected chi connectivity index (χ2v) is 6.22. The van der Waals surface area contributed by atoms with Gasteiger partial charge in [-0.1, -0.05) is 12.8 Å². The molecule has 1 amide bonds. The number of carbonyl (C=O) groups is 1. The Morgan fingerprint density at radius 1 is 1.50 bits per heavy atom. The molecule has 1 aliphatic carbocycles. The second-order valence-electron chi connectivity index (χ2n) is 5.28. The number of hydrogen-bond donors (Lipinski definition) is 2. The van der Waals surface area contributed by atoms with Gasteiger partial charge in [0.05, 0.1) is 17.6 Å². The minimum Gasteiger partial charge on any atom is -0.309 e. The number of thiazole rings is 1. The van der Waals surface area contributed by atoms with Gasteiger partial charge in [0.2, 0.25) is 5.91 Å². The number of amides is 1. The normalized spacial score (nSPS) is 15.7. The fourth-order valence-electron chi connectivity index (χ4n) is 2.68. The van der Waals surface area contributed by atoms with Gasteiger partial charge in [-0.3, -0.25) is 9.89 Å². The molecule has 5 nitrogen and oxygen atoms in total. The maximum absolute atomic E-state index is 12.0. The van der Waals surface area contributed by atoms with E-state index in [2.05, 4.69) is 20.5 Å². The Bertz CT molecular complexity index is 598. The predicted molar refractivity (Wildman–Crippen MR) is 79.0 cm³/mol. The van der Waals surface area contributed by atoms with Crippen LogP contribution in [0.15, 0.2) is 11.6 Å². The molecule has 1 saturated carbocycles. The van der Waals surface area contributed by atoms with E-state index in [0.29, 0.717) is 18.2 Å². The third kappa shape index (κ3) is 2.90. The van der Waals surface area contributed by atoms with Crippen LogP contribution >= 0.6 is 11.3 Å². The average molecular weight is 290 g/mol. The first-order chi connectivity index (χ1) is 9.72. The minimum atomic E-state index is -0.0400. The van der Waals surface area contributed by atoms with Crippen molar-refractivity contribution in [1.82, 2.24) is 15.2 Å². The highest BCUT2D eigenvalue weighted by Gasteiger charge is 2.19. The first-order valence-corrected chi connectivity index (χ1v) is 7.84. The van der Waals surface area contributed by atoms with E-state index in [4.69, 9.17) is 0 Å². The maximum atomic E-state index is 12.0. The van der Waals surface area contributed by atoms with Crippen LogP contribution in [0.4, 0.5) is 5.82 Å². The van der Waals surface area contributed by atoms with Crippen LogP contribution in [-0.4, -0.2) is 21.1 Å². The summed E-state index contributed by atoms with van der Waals surface area (Å²) in [7, 11) is 0. The van der Waals surface area contributed by atoms with Crippen molar-refractivity contribution in [3.05, 3.63) is 27.8 Å². The van der Waals surface area contributed by atoms with Crippen molar-refractivity contribution in [3.63, 3.8) is 0 Å². The molecule has 1 fully saturated rings. The van der Waals surface area contributed by atoms with Gasteiger partial charge < -0.3 is 5.32 Å². The van der Waals surface area contributed by atoms with Crippen LogP contribution < -0.4 is 5.32 Å². The summed E-state index contributed by atoms with van der Waals surface area (Å²) in [4.78, 5) is 17.1. The molecule has 0 bridgehead atoms. The number of nitrogens with zero attached hydrogens (tertiary/aromatic N) is 2. The number of aromatic nitrogens is 3. The maximum Gasteiger partial charge on any atom is 0.230 e. The van der Waals surface area contributed by atoms with Crippen LogP contribution in [0.5, 0.6) is 0 Å². The summed E-state index contributed by atoms with van der Waals surface area (Å²) >= 11 is 1.51. The molecule has 3 rings (SSSR count). The number of H-pyrrole nitrogens is 1. The van der Waals surface area contributed by atoms with E-state index in [9.17, 15) is 4.79 Å². The first kappa shape index (κ1) is 13.3. The van der Waals surface area contributed by atoms with E-state index < -0.39 is 0 Å². The zero-order valence-electron chi connectivity index (χ0n) is 11.5. The van der Waals surface area contributed by atoms with Crippen molar-refractivity contribution in [2.75, 3.05) is 5.32 Å². The number of nitrogens with one attached hydrogen (secondary N) is 2. The van der Waals surface area contributed by atoms with Gasteiger partial charge in [-0.05, 0) is 19.8 Å². The molecule has 6 heteroatoms. The largest absolute Gasteiger partial charge is 0.309 e. The zero-order valence-corrected chi connectivity index (χ0v) is 12.3. The summed E-state index contributed by atoms with van der Waals surface area (Å²) in [6.07, 6.45) is 5.37. The molecule has 0 atom stereocenters. The third-order valence-electron chi connectivity index (χ3n) is 3.83. The summed E-state index contributed by atoms with van der Waals surface area (Å²) in [5.41, 5.74) is 3.84. The lowest BCUT2D eigenvalue weighted by molar-refractivity contribution is -0.115. The van der Waals surface area contributed by atoms with Crippen molar-refractivity contribution >= 4 is 23.1 Å². The van der Waals surface area contributed by atoms with Crippen LogP contribution in [0, 0.1) is 6.92 Å². The molecule has 2 aromatic rings. The van der Waals surface area contributed by atoms with E-state index in [1.807, 2.05) is 13.0 Å². The van der Waals surface area contributed by atoms with Gasteiger partial charge in [0.25, 0.3) is 0 Å². The monoisotopic (exact) mass is 290 g/mol. The van der Waals surface area contributed by atoms with E-state index in [1.54, 1.807) is 5.51 Å². The van der Waals surface area contributed by atoms with Gasteiger partial charge in [-0.2, -0.15) is 5.10 Å². The lowest BCUT2D eigenvalue weighted by Crippen LogP contribution is -2.14. The fourth-order valence-corrected chi connectivity index (χ4v) is 3.45. The lowest BCUT2D eigenvalue weighted by Gasteiger charge is -2.03. The summed E-state index contributed by atoms with van der Waals surface area (Å²) in [5.74, 6) is 1.16. The molecule has 0 spiro atoms. The minimum absolute atomic E-state index is 0.0400. The molecule has 2 N–H and O–H groups in total.